The van der Waals surface area contributed by atoms with Crippen molar-refractivity contribution in [1.29, 1.82) is 0 Å². The quantitative estimate of drug-likeness (QED) is 0.823. The van der Waals surface area contributed by atoms with Crippen molar-refractivity contribution in [2.45, 2.75) is 44.9 Å². The fourth-order valence-electron chi connectivity index (χ4n) is 2.62. The Morgan fingerprint density at radius 2 is 2.00 bits per heavy atom. The van der Waals surface area contributed by atoms with E-state index in [1.807, 2.05) is 0 Å². The highest BCUT2D eigenvalue weighted by Crippen LogP contribution is 2.22. The van der Waals surface area contributed by atoms with E-state index in [4.69, 9.17) is 5.11 Å². The van der Waals surface area contributed by atoms with Crippen LogP contribution < -0.4 is 5.32 Å². The normalized spacial score (nSPS) is 13.9. The molecule has 0 aliphatic heterocycles. The number of hydrogen-bond donors (Lipinski definition) is 2. The van der Waals surface area contributed by atoms with Crippen LogP contribution in [0.15, 0.2) is 18.2 Å². The highest BCUT2D eigenvalue weighted by Gasteiger charge is 2.09. The molecule has 1 aromatic rings. The van der Waals surface area contributed by atoms with Crippen molar-refractivity contribution >= 4 is 5.91 Å². The van der Waals surface area contributed by atoms with Crippen LogP contribution in [0.3, 0.4) is 0 Å². The third kappa shape index (κ3) is 4.35. The lowest BCUT2D eigenvalue weighted by Crippen LogP contribution is -2.25. The maximum atomic E-state index is 11.4. The Bertz CT molecular complexity index is 429. The number of carbonyl (C=O) groups is 1. The number of amides is 1. The number of aryl methyl sites for hydroxylation is 2. The molecule has 1 aliphatic carbocycles. The maximum absolute atomic E-state index is 11.4. The summed E-state index contributed by atoms with van der Waals surface area (Å²) in [5, 5.41) is 11.5. The molecule has 3 heteroatoms. The molecule has 1 aliphatic rings. The summed E-state index contributed by atoms with van der Waals surface area (Å²) in [7, 11) is 0. The topological polar surface area (TPSA) is 49.3 Å². The zero-order chi connectivity index (χ0) is 13.5. The Morgan fingerprint density at radius 3 is 2.79 bits per heavy atom. The van der Waals surface area contributed by atoms with Gasteiger partial charge >= 0.3 is 0 Å². The first-order valence-electron chi connectivity index (χ1n) is 7.28. The van der Waals surface area contributed by atoms with Crippen LogP contribution in [0.25, 0.3) is 0 Å². The van der Waals surface area contributed by atoms with E-state index in [9.17, 15) is 4.79 Å². The van der Waals surface area contributed by atoms with Gasteiger partial charge in [-0.25, -0.2) is 0 Å². The van der Waals surface area contributed by atoms with Crippen LogP contribution in [-0.4, -0.2) is 24.2 Å². The third-order valence-electron chi connectivity index (χ3n) is 3.71. The highest BCUT2D eigenvalue weighted by molar-refractivity contribution is 5.75. The lowest BCUT2D eigenvalue weighted by atomic mass is 9.90. The zero-order valence-electron chi connectivity index (χ0n) is 11.5. The molecule has 0 unspecified atom stereocenters. The molecule has 2 rings (SSSR count). The largest absolute Gasteiger partial charge is 0.396 e. The summed E-state index contributed by atoms with van der Waals surface area (Å²) in [6.45, 7) is 0.765. The summed E-state index contributed by atoms with van der Waals surface area (Å²) >= 11 is 0. The van der Waals surface area contributed by atoms with Crippen molar-refractivity contribution in [3.63, 3.8) is 0 Å². The second-order valence-corrected chi connectivity index (χ2v) is 5.24. The third-order valence-corrected chi connectivity index (χ3v) is 3.71. The minimum absolute atomic E-state index is 0.0343. The molecular formula is C16H23NO2. The fraction of sp³-hybridized carbons (Fsp3) is 0.562. The molecule has 0 heterocycles. The molecule has 3 nitrogen and oxygen atoms in total. The SMILES string of the molecule is O=C(CCCO)NCCc1ccc2c(c1)CCCC2. The molecule has 1 amide bonds. The molecule has 19 heavy (non-hydrogen) atoms. The first kappa shape index (κ1) is 14.1. The van der Waals surface area contributed by atoms with E-state index in [-0.39, 0.29) is 12.5 Å². The number of carbonyl (C=O) groups excluding carboxylic acids is 1. The molecule has 0 spiro atoms. The van der Waals surface area contributed by atoms with Gasteiger partial charge in [0, 0.05) is 19.6 Å². The molecule has 0 saturated carbocycles. The molecule has 0 saturated heterocycles. The highest BCUT2D eigenvalue weighted by atomic mass is 16.3. The van der Waals surface area contributed by atoms with Crippen LogP contribution in [-0.2, 0) is 24.1 Å². The zero-order valence-corrected chi connectivity index (χ0v) is 11.5. The van der Waals surface area contributed by atoms with Gasteiger partial charge in [0.25, 0.3) is 0 Å². The molecule has 0 aromatic heterocycles. The molecule has 0 fully saturated rings. The van der Waals surface area contributed by atoms with Crippen LogP contribution in [0.5, 0.6) is 0 Å². The van der Waals surface area contributed by atoms with Gasteiger partial charge in [0.15, 0.2) is 0 Å². The van der Waals surface area contributed by atoms with E-state index in [0.29, 0.717) is 19.4 Å². The first-order valence-corrected chi connectivity index (χ1v) is 7.28. The number of hydrogen-bond acceptors (Lipinski definition) is 2. The predicted molar refractivity (Wildman–Crippen MR) is 76.1 cm³/mol. The van der Waals surface area contributed by atoms with Gasteiger partial charge < -0.3 is 10.4 Å². The molecule has 0 atom stereocenters. The average Bonchev–Trinajstić information content (AvgIpc) is 2.45. The summed E-state index contributed by atoms with van der Waals surface area (Å²) in [5.41, 5.74) is 4.31. The molecular weight excluding hydrogens is 238 g/mol. The second-order valence-electron chi connectivity index (χ2n) is 5.24. The Kier molecular flexibility index (Phi) is 5.40. The molecule has 104 valence electrons. The number of rotatable bonds is 6. The Balaban J connectivity index is 1.78. The second kappa shape index (κ2) is 7.29. The van der Waals surface area contributed by atoms with E-state index < -0.39 is 0 Å². The van der Waals surface area contributed by atoms with Gasteiger partial charge in [-0.05, 0) is 55.2 Å². The van der Waals surface area contributed by atoms with Crippen molar-refractivity contribution in [3.8, 4) is 0 Å². The fourth-order valence-corrected chi connectivity index (χ4v) is 2.62. The van der Waals surface area contributed by atoms with Crippen molar-refractivity contribution in [2.75, 3.05) is 13.2 Å². The van der Waals surface area contributed by atoms with Crippen LogP contribution in [0.1, 0.15) is 42.4 Å². The molecule has 0 bridgehead atoms. The molecule has 1 aromatic carbocycles. The molecule has 0 radical (unpaired) electrons. The number of nitrogens with one attached hydrogen (secondary N) is 1. The van der Waals surface area contributed by atoms with E-state index >= 15 is 0 Å². The first-order chi connectivity index (χ1) is 9.29. The minimum Gasteiger partial charge on any atom is -0.396 e. The summed E-state index contributed by atoms with van der Waals surface area (Å²) in [5.74, 6) is 0.0343. The van der Waals surface area contributed by atoms with Crippen LogP contribution >= 0.6 is 0 Å². The Hall–Kier alpha value is -1.35. The van der Waals surface area contributed by atoms with E-state index in [2.05, 4.69) is 23.5 Å². The van der Waals surface area contributed by atoms with Gasteiger partial charge in [-0.3, -0.25) is 4.79 Å². The number of benzene rings is 1. The van der Waals surface area contributed by atoms with E-state index in [0.717, 1.165) is 6.42 Å². The van der Waals surface area contributed by atoms with Crippen LogP contribution in [0.2, 0.25) is 0 Å². The Labute approximate surface area is 115 Å². The van der Waals surface area contributed by atoms with Gasteiger partial charge in [-0.2, -0.15) is 0 Å². The van der Waals surface area contributed by atoms with E-state index in [1.165, 1.54) is 42.4 Å². The van der Waals surface area contributed by atoms with Gasteiger partial charge in [0.05, 0.1) is 0 Å². The van der Waals surface area contributed by atoms with E-state index in [1.54, 1.807) is 0 Å². The smallest absolute Gasteiger partial charge is 0.220 e. The van der Waals surface area contributed by atoms with Crippen molar-refractivity contribution in [3.05, 3.63) is 34.9 Å². The maximum Gasteiger partial charge on any atom is 0.220 e. The van der Waals surface area contributed by atoms with Crippen LogP contribution in [0, 0.1) is 0 Å². The van der Waals surface area contributed by atoms with Crippen molar-refractivity contribution in [2.24, 2.45) is 0 Å². The predicted octanol–water partition coefficient (Wildman–Crippen LogP) is 2.00. The summed E-state index contributed by atoms with van der Waals surface area (Å²) < 4.78 is 0. The van der Waals surface area contributed by atoms with Gasteiger partial charge in [0.2, 0.25) is 5.91 Å². The monoisotopic (exact) mass is 261 g/mol. The van der Waals surface area contributed by atoms with Crippen molar-refractivity contribution in [1.82, 2.24) is 5.32 Å². The number of aliphatic hydroxyl groups excluding tert-OH is 1. The average molecular weight is 261 g/mol. The molecule has 2 N–H and O–H groups in total. The summed E-state index contributed by atoms with van der Waals surface area (Å²) in [4.78, 5) is 11.4. The van der Waals surface area contributed by atoms with Gasteiger partial charge in [-0.1, -0.05) is 18.2 Å². The summed E-state index contributed by atoms with van der Waals surface area (Å²) in [6.07, 6.45) is 6.88. The van der Waals surface area contributed by atoms with Crippen LogP contribution in [0.4, 0.5) is 0 Å². The summed E-state index contributed by atoms with van der Waals surface area (Å²) in [6, 6.07) is 6.73. The van der Waals surface area contributed by atoms with Crippen molar-refractivity contribution < 1.29 is 9.90 Å². The minimum atomic E-state index is 0.0343. The number of aliphatic hydroxyl groups is 1. The van der Waals surface area contributed by atoms with Gasteiger partial charge in [-0.15, -0.1) is 0 Å². The standard InChI is InChI=1S/C16H23NO2/c18-11-3-6-16(19)17-10-9-13-7-8-14-4-1-2-5-15(14)12-13/h7-8,12,18H,1-6,9-11H2,(H,17,19). The lowest BCUT2D eigenvalue weighted by Gasteiger charge is -2.16. The lowest BCUT2D eigenvalue weighted by molar-refractivity contribution is -0.121. The Morgan fingerprint density at radius 1 is 1.21 bits per heavy atom. The van der Waals surface area contributed by atoms with Gasteiger partial charge in [0.1, 0.15) is 0 Å². The number of fused-ring (bicyclic) bond motifs is 1.